The van der Waals surface area contributed by atoms with Crippen LogP contribution in [0.2, 0.25) is 0 Å². The first-order chi connectivity index (χ1) is 9.65. The van der Waals surface area contributed by atoms with Gasteiger partial charge in [0.25, 0.3) is 5.91 Å². The molecule has 0 aliphatic carbocycles. The quantitative estimate of drug-likeness (QED) is 0.846. The van der Waals surface area contributed by atoms with Gasteiger partial charge in [0.05, 0.1) is 6.26 Å². The van der Waals surface area contributed by atoms with E-state index in [2.05, 4.69) is 34.7 Å². The molecule has 0 unspecified atom stereocenters. The Morgan fingerprint density at radius 1 is 1.25 bits per heavy atom. The van der Waals surface area contributed by atoms with Crippen molar-refractivity contribution in [1.82, 2.24) is 10.2 Å². The Labute approximate surface area is 117 Å². The van der Waals surface area contributed by atoms with Gasteiger partial charge in [0, 0.05) is 6.54 Å². The Balaban J connectivity index is 1.87. The molecule has 0 aromatic carbocycles. The minimum atomic E-state index is -0.343. The van der Waals surface area contributed by atoms with Crippen molar-refractivity contribution in [3.63, 3.8) is 0 Å². The predicted molar refractivity (Wildman–Crippen MR) is 76.6 cm³/mol. The fraction of sp³-hybridized carbons (Fsp3) is 0.357. The van der Waals surface area contributed by atoms with Crippen LogP contribution in [0.5, 0.6) is 0 Å². The van der Waals surface area contributed by atoms with E-state index >= 15 is 0 Å². The van der Waals surface area contributed by atoms with Crippen molar-refractivity contribution >= 4 is 17.5 Å². The third kappa shape index (κ3) is 4.08. The van der Waals surface area contributed by atoms with E-state index in [4.69, 9.17) is 4.42 Å². The fourth-order valence-corrected chi connectivity index (χ4v) is 1.57. The number of amides is 1. The van der Waals surface area contributed by atoms with E-state index in [9.17, 15) is 4.79 Å². The molecule has 0 aliphatic rings. The molecule has 2 aromatic rings. The first-order valence-corrected chi connectivity index (χ1v) is 6.57. The Hall–Kier alpha value is -2.37. The average Bonchev–Trinajstić information content (AvgIpc) is 2.94. The van der Waals surface area contributed by atoms with Crippen molar-refractivity contribution in [2.24, 2.45) is 5.92 Å². The zero-order valence-electron chi connectivity index (χ0n) is 11.6. The molecule has 6 heteroatoms. The van der Waals surface area contributed by atoms with Crippen LogP contribution in [0.1, 0.15) is 30.8 Å². The molecule has 6 nitrogen and oxygen atoms in total. The van der Waals surface area contributed by atoms with E-state index in [0.717, 1.165) is 13.0 Å². The molecule has 0 spiro atoms. The summed E-state index contributed by atoms with van der Waals surface area (Å²) in [6, 6.07) is 6.73. The second-order valence-corrected chi connectivity index (χ2v) is 4.84. The smallest absolute Gasteiger partial charge is 0.292 e. The number of furan rings is 1. The summed E-state index contributed by atoms with van der Waals surface area (Å²) in [5.41, 5.74) is 0. The molecule has 106 valence electrons. The van der Waals surface area contributed by atoms with Gasteiger partial charge in [-0.1, -0.05) is 13.8 Å². The van der Waals surface area contributed by atoms with Crippen LogP contribution < -0.4 is 10.6 Å². The summed E-state index contributed by atoms with van der Waals surface area (Å²) in [7, 11) is 0. The van der Waals surface area contributed by atoms with Crippen LogP contribution in [0.4, 0.5) is 11.6 Å². The Morgan fingerprint density at radius 3 is 2.60 bits per heavy atom. The van der Waals surface area contributed by atoms with Crippen LogP contribution in [-0.4, -0.2) is 22.6 Å². The maximum atomic E-state index is 11.7. The molecule has 1 amide bonds. The topological polar surface area (TPSA) is 80.0 Å². The molecule has 2 rings (SSSR count). The maximum absolute atomic E-state index is 11.7. The van der Waals surface area contributed by atoms with Crippen LogP contribution in [0.25, 0.3) is 0 Å². The predicted octanol–water partition coefficient (Wildman–Crippen LogP) is 2.78. The molecule has 0 bridgehead atoms. The normalized spacial score (nSPS) is 10.6. The molecule has 0 fully saturated rings. The van der Waals surface area contributed by atoms with Gasteiger partial charge in [-0.15, -0.1) is 10.2 Å². The van der Waals surface area contributed by atoms with Gasteiger partial charge in [0.15, 0.2) is 11.6 Å². The summed E-state index contributed by atoms with van der Waals surface area (Å²) in [5.74, 6) is 1.63. The number of carbonyl (C=O) groups excluding carboxylic acids is 1. The van der Waals surface area contributed by atoms with E-state index in [1.807, 2.05) is 0 Å². The van der Waals surface area contributed by atoms with Crippen molar-refractivity contribution in [3.05, 3.63) is 36.3 Å². The Morgan fingerprint density at radius 2 is 2.00 bits per heavy atom. The molecule has 0 aliphatic heterocycles. The molecule has 2 N–H and O–H groups in total. The zero-order chi connectivity index (χ0) is 14.4. The second kappa shape index (κ2) is 6.70. The second-order valence-electron chi connectivity index (χ2n) is 4.84. The first-order valence-electron chi connectivity index (χ1n) is 6.57. The minimum absolute atomic E-state index is 0.242. The van der Waals surface area contributed by atoms with E-state index < -0.39 is 0 Å². The molecule has 0 saturated heterocycles. The summed E-state index contributed by atoms with van der Waals surface area (Å²) in [6.07, 6.45) is 2.51. The lowest BCUT2D eigenvalue weighted by Crippen LogP contribution is -2.13. The summed E-state index contributed by atoms with van der Waals surface area (Å²) in [4.78, 5) is 11.7. The summed E-state index contributed by atoms with van der Waals surface area (Å²) < 4.78 is 4.99. The van der Waals surface area contributed by atoms with Gasteiger partial charge in [-0.25, -0.2) is 0 Å². The number of nitrogens with zero attached hydrogens (tertiary/aromatic N) is 2. The standard InChI is InChI=1S/C14H18N4O2/c1-10(2)7-8-15-12-5-6-13(18-17-12)16-14(19)11-4-3-9-20-11/h3-6,9-10H,7-8H2,1-2H3,(H,15,17)(H,16,18,19). The van der Waals surface area contributed by atoms with Crippen LogP contribution in [0, 0.1) is 5.92 Å². The van der Waals surface area contributed by atoms with Crippen molar-refractivity contribution in [2.45, 2.75) is 20.3 Å². The highest BCUT2D eigenvalue weighted by Gasteiger charge is 2.09. The molecule has 2 heterocycles. The van der Waals surface area contributed by atoms with E-state index in [1.165, 1.54) is 6.26 Å². The Bertz CT molecular complexity index is 535. The molecule has 0 saturated carbocycles. The number of aromatic nitrogens is 2. The first kappa shape index (κ1) is 14.0. The largest absolute Gasteiger partial charge is 0.459 e. The highest BCUT2D eigenvalue weighted by molar-refractivity contribution is 6.01. The van der Waals surface area contributed by atoms with E-state index in [0.29, 0.717) is 17.6 Å². The molecular formula is C14H18N4O2. The highest BCUT2D eigenvalue weighted by atomic mass is 16.3. The fourth-order valence-electron chi connectivity index (χ4n) is 1.57. The lowest BCUT2D eigenvalue weighted by Gasteiger charge is -2.07. The van der Waals surface area contributed by atoms with Crippen molar-refractivity contribution < 1.29 is 9.21 Å². The molecule has 20 heavy (non-hydrogen) atoms. The van der Waals surface area contributed by atoms with Crippen LogP contribution in [-0.2, 0) is 0 Å². The van der Waals surface area contributed by atoms with Gasteiger partial charge in [0.2, 0.25) is 0 Å². The number of hydrogen-bond acceptors (Lipinski definition) is 5. The third-order valence-electron chi connectivity index (χ3n) is 2.68. The third-order valence-corrected chi connectivity index (χ3v) is 2.68. The van der Waals surface area contributed by atoms with Gasteiger partial charge in [0.1, 0.15) is 5.82 Å². The lowest BCUT2D eigenvalue weighted by molar-refractivity contribution is 0.0996. The van der Waals surface area contributed by atoms with Gasteiger partial charge in [-0.3, -0.25) is 4.79 Å². The van der Waals surface area contributed by atoms with E-state index in [-0.39, 0.29) is 11.7 Å². The monoisotopic (exact) mass is 274 g/mol. The van der Waals surface area contributed by atoms with Crippen molar-refractivity contribution in [2.75, 3.05) is 17.2 Å². The van der Waals surface area contributed by atoms with Crippen LogP contribution in [0.3, 0.4) is 0 Å². The minimum Gasteiger partial charge on any atom is -0.459 e. The summed E-state index contributed by atoms with van der Waals surface area (Å²) in [5, 5.41) is 13.7. The van der Waals surface area contributed by atoms with Gasteiger partial charge in [-0.05, 0) is 36.6 Å². The lowest BCUT2D eigenvalue weighted by atomic mass is 10.1. The maximum Gasteiger partial charge on any atom is 0.292 e. The van der Waals surface area contributed by atoms with Crippen LogP contribution >= 0.6 is 0 Å². The van der Waals surface area contributed by atoms with Crippen molar-refractivity contribution in [1.29, 1.82) is 0 Å². The number of carbonyl (C=O) groups is 1. The summed E-state index contributed by atoms with van der Waals surface area (Å²) >= 11 is 0. The molecular weight excluding hydrogens is 256 g/mol. The molecule has 0 atom stereocenters. The van der Waals surface area contributed by atoms with Gasteiger partial charge >= 0.3 is 0 Å². The number of hydrogen-bond donors (Lipinski definition) is 2. The number of nitrogens with one attached hydrogen (secondary N) is 2. The summed E-state index contributed by atoms with van der Waals surface area (Å²) in [6.45, 7) is 5.19. The molecule has 0 radical (unpaired) electrons. The zero-order valence-corrected chi connectivity index (χ0v) is 11.6. The van der Waals surface area contributed by atoms with Crippen LogP contribution in [0.15, 0.2) is 34.9 Å². The number of anilines is 2. The van der Waals surface area contributed by atoms with Gasteiger partial charge in [-0.2, -0.15) is 0 Å². The SMILES string of the molecule is CC(C)CCNc1ccc(NC(=O)c2ccco2)nn1. The highest BCUT2D eigenvalue weighted by Crippen LogP contribution is 2.09. The number of rotatable bonds is 6. The molecule has 2 aromatic heterocycles. The van der Waals surface area contributed by atoms with Gasteiger partial charge < -0.3 is 15.1 Å². The van der Waals surface area contributed by atoms with E-state index in [1.54, 1.807) is 24.3 Å². The average molecular weight is 274 g/mol. The Kier molecular flexibility index (Phi) is 4.70. The van der Waals surface area contributed by atoms with Crippen molar-refractivity contribution in [3.8, 4) is 0 Å².